The lowest BCUT2D eigenvalue weighted by Crippen LogP contribution is -2.28. The molecular weight excluding hydrogens is 603 g/mol. The predicted molar refractivity (Wildman–Crippen MR) is 178 cm³/mol. The Bertz CT molecular complexity index is 1670. The molecule has 0 saturated heterocycles. The highest BCUT2D eigenvalue weighted by atomic mass is 19.1. The fraction of sp³-hybridized carbons (Fsp3) is 0.389. The molecule has 47 heavy (non-hydrogen) atoms. The number of esters is 1. The van der Waals surface area contributed by atoms with Gasteiger partial charge in [-0.25, -0.2) is 9.37 Å². The van der Waals surface area contributed by atoms with Crippen LogP contribution in [0.3, 0.4) is 0 Å². The van der Waals surface area contributed by atoms with Gasteiger partial charge in [0.1, 0.15) is 11.4 Å². The van der Waals surface area contributed by atoms with Gasteiger partial charge in [0.2, 0.25) is 0 Å². The van der Waals surface area contributed by atoms with E-state index in [2.05, 4.69) is 15.3 Å². The van der Waals surface area contributed by atoms with Crippen molar-refractivity contribution in [2.75, 3.05) is 12.4 Å². The maximum absolute atomic E-state index is 14.2. The number of carbonyl (C=O) groups excluding carboxylic acids is 2. The summed E-state index contributed by atoms with van der Waals surface area (Å²) in [6.45, 7) is 9.39. The molecule has 3 N–H and O–H groups in total. The van der Waals surface area contributed by atoms with Gasteiger partial charge in [0.05, 0.1) is 42.7 Å². The van der Waals surface area contributed by atoms with E-state index in [0.717, 1.165) is 0 Å². The monoisotopic (exact) mass is 646 g/mol. The quantitative estimate of drug-likeness (QED) is 0.143. The van der Waals surface area contributed by atoms with Gasteiger partial charge in [-0.3, -0.25) is 9.59 Å². The Labute approximate surface area is 274 Å². The Morgan fingerprint density at radius 1 is 1.00 bits per heavy atom. The largest absolute Gasteiger partial charge is 0.467 e. The molecule has 1 amide bonds. The highest BCUT2D eigenvalue weighted by Crippen LogP contribution is 2.42. The smallest absolute Gasteiger partial charge is 0.316 e. The van der Waals surface area contributed by atoms with Crippen LogP contribution in [0.1, 0.15) is 75.9 Å². The van der Waals surface area contributed by atoms with Crippen LogP contribution >= 0.6 is 0 Å². The molecule has 2 heterocycles. The first-order valence-electron chi connectivity index (χ1n) is 15.6. The second-order valence-corrected chi connectivity index (χ2v) is 12.7. The molecule has 0 radical (unpaired) electrons. The van der Waals surface area contributed by atoms with E-state index in [1.165, 1.54) is 25.4 Å². The average Bonchev–Trinajstić information content (AvgIpc) is 3.35. The molecule has 0 unspecified atom stereocenters. The van der Waals surface area contributed by atoms with E-state index in [9.17, 15) is 24.2 Å². The van der Waals surface area contributed by atoms with Gasteiger partial charge < -0.3 is 29.6 Å². The molecule has 10 nitrogen and oxygen atoms in total. The molecule has 4 aromatic rings. The van der Waals surface area contributed by atoms with Gasteiger partial charge in [0, 0.05) is 29.7 Å². The van der Waals surface area contributed by atoms with Crippen LogP contribution in [0, 0.1) is 5.82 Å². The number of anilines is 1. The molecular formula is C36H43FN4O6. The first-order chi connectivity index (χ1) is 22.3. The zero-order valence-electron chi connectivity index (χ0n) is 27.7. The first-order valence-corrected chi connectivity index (χ1v) is 15.6. The van der Waals surface area contributed by atoms with Gasteiger partial charge in [-0.1, -0.05) is 32.0 Å². The number of aromatic nitrogens is 3. The number of benzene rings is 2. The van der Waals surface area contributed by atoms with E-state index in [0.29, 0.717) is 39.5 Å². The minimum Gasteiger partial charge on any atom is -0.467 e. The van der Waals surface area contributed by atoms with Gasteiger partial charge in [0.25, 0.3) is 5.91 Å². The fourth-order valence-corrected chi connectivity index (χ4v) is 5.52. The van der Waals surface area contributed by atoms with Crippen molar-refractivity contribution in [1.82, 2.24) is 14.5 Å². The van der Waals surface area contributed by atoms with Gasteiger partial charge in [-0.2, -0.15) is 4.98 Å². The number of para-hydroxylation sites is 1. The van der Waals surface area contributed by atoms with Gasteiger partial charge >= 0.3 is 12.0 Å². The van der Waals surface area contributed by atoms with Crippen molar-refractivity contribution in [3.8, 4) is 28.5 Å². The summed E-state index contributed by atoms with van der Waals surface area (Å²) >= 11 is 0. The summed E-state index contributed by atoms with van der Waals surface area (Å²) in [6, 6.07) is 16.8. The number of ether oxygens (including phenoxy) is 2. The Morgan fingerprint density at radius 2 is 1.68 bits per heavy atom. The third kappa shape index (κ3) is 9.24. The Morgan fingerprint density at radius 3 is 2.30 bits per heavy atom. The number of carbonyl (C=O) groups is 2. The van der Waals surface area contributed by atoms with Gasteiger partial charge in [-0.15, -0.1) is 0 Å². The first kappa shape index (κ1) is 35.2. The molecule has 11 heteroatoms. The number of hydrogen-bond donors (Lipinski definition) is 3. The van der Waals surface area contributed by atoms with Crippen LogP contribution in [0.4, 0.5) is 10.1 Å². The number of rotatable bonds is 13. The molecule has 2 aromatic carbocycles. The van der Waals surface area contributed by atoms with Gasteiger partial charge in [-0.05, 0) is 87.6 Å². The van der Waals surface area contributed by atoms with Crippen LogP contribution in [0.15, 0.2) is 66.9 Å². The van der Waals surface area contributed by atoms with Crippen molar-refractivity contribution in [3.05, 3.63) is 83.9 Å². The van der Waals surface area contributed by atoms with Crippen molar-refractivity contribution in [2.24, 2.45) is 0 Å². The van der Waals surface area contributed by atoms with Crippen molar-refractivity contribution in [2.45, 2.75) is 84.2 Å². The van der Waals surface area contributed by atoms with E-state index in [-0.39, 0.29) is 43.6 Å². The standard InChI is InChI=1S/C36H43FN4O6/c1-22(2)32-31(34(45)39-25-10-8-7-9-11-25)30(28-16-18-38-35(40-28)46-6)33(23-12-14-24(37)15-13-23)41(32)19-17-26(42)20-27(43)21-29(44)47-36(3,4)5/h7-16,18,22,26-27,42-43H,17,19-21H2,1-6H3,(H,39,45)/t26-,27-/m1/s1. The number of nitrogens with zero attached hydrogens (tertiary/aromatic N) is 3. The van der Waals surface area contributed by atoms with Crippen LogP contribution < -0.4 is 10.1 Å². The molecule has 0 aliphatic heterocycles. The minimum atomic E-state index is -1.11. The van der Waals surface area contributed by atoms with Crippen molar-refractivity contribution < 1.29 is 33.7 Å². The summed E-state index contributed by atoms with van der Waals surface area (Å²) in [6.07, 6.45) is -0.682. The fourth-order valence-electron chi connectivity index (χ4n) is 5.52. The maximum Gasteiger partial charge on any atom is 0.316 e. The molecule has 250 valence electrons. The summed E-state index contributed by atoms with van der Waals surface area (Å²) in [5, 5.41) is 24.6. The van der Waals surface area contributed by atoms with Crippen LogP contribution in [0.25, 0.3) is 22.5 Å². The summed E-state index contributed by atoms with van der Waals surface area (Å²) in [7, 11) is 1.45. The Hall–Kier alpha value is -4.61. The Balaban J connectivity index is 1.82. The van der Waals surface area contributed by atoms with Crippen molar-refractivity contribution >= 4 is 17.6 Å². The number of hydrogen-bond acceptors (Lipinski definition) is 8. The average molecular weight is 647 g/mol. The molecule has 0 fully saturated rings. The normalized spacial score (nSPS) is 12.9. The van der Waals surface area contributed by atoms with Crippen LogP contribution in [0.5, 0.6) is 6.01 Å². The third-order valence-corrected chi connectivity index (χ3v) is 7.35. The van der Waals surface area contributed by atoms with Gasteiger partial charge in [0.15, 0.2) is 0 Å². The maximum atomic E-state index is 14.2. The highest BCUT2D eigenvalue weighted by molar-refractivity contribution is 6.12. The van der Waals surface area contributed by atoms with E-state index in [1.807, 2.05) is 36.6 Å². The topological polar surface area (TPSA) is 136 Å². The van der Waals surface area contributed by atoms with E-state index in [4.69, 9.17) is 9.47 Å². The Kier molecular flexibility index (Phi) is 11.5. The summed E-state index contributed by atoms with van der Waals surface area (Å²) in [4.78, 5) is 35.2. The van der Waals surface area contributed by atoms with Crippen molar-refractivity contribution in [1.29, 1.82) is 0 Å². The number of halogens is 1. The molecule has 4 rings (SSSR count). The van der Waals surface area contributed by atoms with E-state index >= 15 is 0 Å². The summed E-state index contributed by atoms with van der Waals surface area (Å²) in [5.74, 6) is -1.53. The van der Waals surface area contributed by atoms with Crippen LogP contribution in [0.2, 0.25) is 0 Å². The second-order valence-electron chi connectivity index (χ2n) is 12.7. The highest BCUT2D eigenvalue weighted by Gasteiger charge is 2.32. The lowest BCUT2D eigenvalue weighted by molar-refractivity contribution is -0.157. The van der Waals surface area contributed by atoms with E-state index in [1.54, 1.807) is 51.1 Å². The molecule has 0 bridgehead atoms. The zero-order chi connectivity index (χ0) is 34.3. The minimum absolute atomic E-state index is 0.0548. The predicted octanol–water partition coefficient (Wildman–Crippen LogP) is 6.37. The SMILES string of the molecule is COc1nccc(-c2c(C(=O)Nc3ccccc3)c(C(C)C)n(CC[C@@H](O)C[C@@H](O)CC(=O)OC(C)(C)C)c2-c2ccc(F)cc2)n1. The number of nitrogens with one attached hydrogen (secondary N) is 1. The molecule has 0 saturated carbocycles. The van der Waals surface area contributed by atoms with Crippen molar-refractivity contribution in [3.63, 3.8) is 0 Å². The molecule has 0 spiro atoms. The molecule has 0 aliphatic rings. The number of aliphatic hydroxyl groups is 2. The summed E-state index contributed by atoms with van der Waals surface area (Å²) in [5.41, 5.74) is 3.08. The lowest BCUT2D eigenvalue weighted by Gasteiger charge is -2.22. The number of methoxy groups -OCH3 is 1. The second kappa shape index (κ2) is 15.3. The van der Waals surface area contributed by atoms with Crippen LogP contribution in [-0.2, 0) is 16.1 Å². The number of amides is 1. The summed E-state index contributed by atoms with van der Waals surface area (Å²) < 4.78 is 26.7. The molecule has 2 aromatic heterocycles. The van der Waals surface area contributed by atoms with E-state index < -0.39 is 29.6 Å². The molecule has 0 aliphatic carbocycles. The number of aliphatic hydroxyl groups excluding tert-OH is 2. The van der Waals surface area contributed by atoms with Crippen LogP contribution in [-0.4, -0.2) is 61.5 Å². The zero-order valence-corrected chi connectivity index (χ0v) is 27.7. The third-order valence-electron chi connectivity index (χ3n) is 7.35. The lowest BCUT2D eigenvalue weighted by atomic mass is 9.97. The molecule has 2 atom stereocenters.